The van der Waals surface area contributed by atoms with Crippen molar-refractivity contribution in [3.8, 4) is 5.95 Å². The molecule has 1 aliphatic heterocycles. The average Bonchev–Trinajstić information content (AvgIpc) is 2.96. The summed E-state index contributed by atoms with van der Waals surface area (Å²) in [6.07, 6.45) is 5.61. The third-order valence-corrected chi connectivity index (χ3v) is 6.56. The third kappa shape index (κ3) is 6.08. The molecule has 180 valence electrons. The summed E-state index contributed by atoms with van der Waals surface area (Å²) >= 11 is 0. The van der Waals surface area contributed by atoms with Gasteiger partial charge in [-0.25, -0.2) is 14.6 Å². The molecule has 34 heavy (non-hydrogen) atoms. The number of hydrogen-bond donors (Lipinski definition) is 1. The largest absolute Gasteiger partial charge is 0.352 e. The molecular weight excluding hydrogens is 424 g/mol. The van der Waals surface area contributed by atoms with Crippen LogP contribution in [0.2, 0.25) is 0 Å². The van der Waals surface area contributed by atoms with Gasteiger partial charge in [0.25, 0.3) is 5.95 Å². The number of benzene rings is 1. The lowest BCUT2D eigenvalue weighted by Crippen LogP contribution is -2.25. The van der Waals surface area contributed by atoms with E-state index in [0.29, 0.717) is 12.5 Å². The van der Waals surface area contributed by atoms with E-state index in [1.807, 2.05) is 33.8 Å². The fourth-order valence-corrected chi connectivity index (χ4v) is 4.67. The number of rotatable bonds is 7. The topological polar surface area (TPSA) is 75.9 Å². The van der Waals surface area contributed by atoms with Gasteiger partial charge in [0.15, 0.2) is 0 Å². The van der Waals surface area contributed by atoms with Crippen LogP contribution < -0.4 is 5.32 Å². The summed E-state index contributed by atoms with van der Waals surface area (Å²) in [7, 11) is 0. The van der Waals surface area contributed by atoms with E-state index < -0.39 is 0 Å². The summed E-state index contributed by atoms with van der Waals surface area (Å²) in [4.78, 5) is 24.3. The van der Waals surface area contributed by atoms with E-state index in [1.165, 1.54) is 44.3 Å². The number of aromatic nitrogens is 4. The zero-order chi connectivity index (χ0) is 24.1. The molecule has 1 aliphatic rings. The number of hydrogen-bond acceptors (Lipinski definition) is 5. The van der Waals surface area contributed by atoms with E-state index in [2.05, 4.69) is 49.5 Å². The summed E-state index contributed by atoms with van der Waals surface area (Å²) in [6, 6.07) is 10.6. The Morgan fingerprint density at radius 2 is 1.53 bits per heavy atom. The van der Waals surface area contributed by atoms with Gasteiger partial charge in [0.05, 0.1) is 12.1 Å². The maximum atomic E-state index is 12.7. The molecule has 1 aromatic carbocycles. The summed E-state index contributed by atoms with van der Waals surface area (Å²) in [5.41, 5.74) is 6.89. The first-order chi connectivity index (χ1) is 16.4. The lowest BCUT2D eigenvalue weighted by Gasteiger charge is -2.19. The van der Waals surface area contributed by atoms with Crippen LogP contribution in [-0.4, -0.2) is 43.6 Å². The Labute approximate surface area is 202 Å². The number of amides is 1. The Hall–Kier alpha value is -3.06. The zero-order valence-electron chi connectivity index (χ0n) is 20.9. The smallest absolute Gasteiger partial charge is 0.251 e. The number of carbonyl (C=O) groups excluding carboxylic acids is 1. The molecule has 0 spiro atoms. The van der Waals surface area contributed by atoms with Crippen molar-refractivity contribution in [2.75, 3.05) is 13.1 Å². The van der Waals surface area contributed by atoms with Gasteiger partial charge >= 0.3 is 0 Å². The molecule has 1 amide bonds. The van der Waals surface area contributed by atoms with E-state index >= 15 is 0 Å². The minimum Gasteiger partial charge on any atom is -0.352 e. The van der Waals surface area contributed by atoms with Gasteiger partial charge in [0.2, 0.25) is 5.91 Å². The first-order valence-electron chi connectivity index (χ1n) is 12.3. The second-order valence-electron chi connectivity index (χ2n) is 9.47. The van der Waals surface area contributed by atoms with Crippen LogP contribution in [0.4, 0.5) is 0 Å². The van der Waals surface area contributed by atoms with E-state index in [9.17, 15) is 4.79 Å². The monoisotopic (exact) mass is 460 g/mol. The molecule has 0 bridgehead atoms. The number of aryl methyl sites for hydroxylation is 3. The van der Waals surface area contributed by atoms with Crippen molar-refractivity contribution in [1.82, 2.24) is 30.0 Å². The van der Waals surface area contributed by atoms with Gasteiger partial charge in [0.1, 0.15) is 0 Å². The van der Waals surface area contributed by atoms with Crippen molar-refractivity contribution in [1.29, 1.82) is 0 Å². The molecule has 3 heterocycles. The zero-order valence-corrected chi connectivity index (χ0v) is 20.9. The maximum absolute atomic E-state index is 12.7. The van der Waals surface area contributed by atoms with E-state index in [1.54, 1.807) is 4.68 Å². The molecule has 2 aromatic heterocycles. The Morgan fingerprint density at radius 1 is 0.912 bits per heavy atom. The molecule has 0 radical (unpaired) electrons. The Balaban J connectivity index is 1.34. The molecule has 7 heteroatoms. The van der Waals surface area contributed by atoms with Gasteiger partial charge < -0.3 is 5.32 Å². The minimum atomic E-state index is -0.0132. The third-order valence-electron chi connectivity index (χ3n) is 6.56. The second-order valence-corrected chi connectivity index (χ2v) is 9.47. The van der Waals surface area contributed by atoms with Crippen LogP contribution in [0.15, 0.2) is 30.3 Å². The van der Waals surface area contributed by atoms with Crippen molar-refractivity contribution >= 4 is 5.91 Å². The Bertz CT molecular complexity index is 1110. The highest BCUT2D eigenvalue weighted by atomic mass is 16.1. The van der Waals surface area contributed by atoms with Crippen molar-refractivity contribution < 1.29 is 4.79 Å². The molecule has 1 fully saturated rings. The molecule has 0 unspecified atom stereocenters. The number of carbonyl (C=O) groups is 1. The van der Waals surface area contributed by atoms with Crippen molar-refractivity contribution in [3.05, 3.63) is 69.8 Å². The molecule has 0 saturated carbocycles. The van der Waals surface area contributed by atoms with E-state index in [0.717, 1.165) is 40.4 Å². The van der Waals surface area contributed by atoms with Gasteiger partial charge in [-0.15, -0.1) is 0 Å². The predicted octanol–water partition coefficient (Wildman–Crippen LogP) is 4.13. The van der Waals surface area contributed by atoms with E-state index in [-0.39, 0.29) is 12.3 Å². The summed E-state index contributed by atoms with van der Waals surface area (Å²) in [5, 5.41) is 7.67. The van der Waals surface area contributed by atoms with Gasteiger partial charge in [-0.05, 0) is 70.8 Å². The van der Waals surface area contributed by atoms with Gasteiger partial charge in [-0.3, -0.25) is 9.69 Å². The number of nitrogens with zero attached hydrogens (tertiary/aromatic N) is 5. The van der Waals surface area contributed by atoms with Gasteiger partial charge in [0, 0.05) is 35.7 Å². The van der Waals surface area contributed by atoms with Crippen LogP contribution in [0.3, 0.4) is 0 Å². The Morgan fingerprint density at radius 3 is 2.18 bits per heavy atom. The van der Waals surface area contributed by atoms with Crippen LogP contribution in [0.1, 0.15) is 65.1 Å². The average molecular weight is 461 g/mol. The second kappa shape index (κ2) is 10.9. The van der Waals surface area contributed by atoms with Crippen LogP contribution in [-0.2, 0) is 24.3 Å². The highest BCUT2D eigenvalue weighted by Crippen LogP contribution is 2.18. The van der Waals surface area contributed by atoms with E-state index in [4.69, 9.17) is 0 Å². The molecule has 1 saturated heterocycles. The van der Waals surface area contributed by atoms with Crippen molar-refractivity contribution in [2.24, 2.45) is 0 Å². The molecule has 3 aromatic rings. The fraction of sp³-hybridized carbons (Fsp3) is 0.481. The lowest BCUT2D eigenvalue weighted by molar-refractivity contribution is -0.120. The number of nitrogens with one attached hydrogen (secondary N) is 1. The summed E-state index contributed by atoms with van der Waals surface area (Å²) < 4.78 is 1.74. The van der Waals surface area contributed by atoms with Gasteiger partial charge in [-0.2, -0.15) is 5.10 Å². The highest BCUT2D eigenvalue weighted by molar-refractivity contribution is 5.79. The summed E-state index contributed by atoms with van der Waals surface area (Å²) in [5.74, 6) is 0.533. The minimum absolute atomic E-state index is 0.0132. The lowest BCUT2D eigenvalue weighted by atomic mass is 10.1. The predicted molar refractivity (Wildman–Crippen MR) is 134 cm³/mol. The summed E-state index contributed by atoms with van der Waals surface area (Å²) in [6.45, 7) is 11.7. The van der Waals surface area contributed by atoms with Crippen LogP contribution in [0.5, 0.6) is 0 Å². The normalized spacial score (nSPS) is 14.7. The molecule has 7 nitrogen and oxygen atoms in total. The quantitative estimate of drug-likeness (QED) is 0.574. The SMILES string of the molecule is Cc1cc(C)nc(-n2nc(C)c(CC(=O)NCc3ccc(CN4CCCCCC4)cc3)c2C)n1. The standard InChI is InChI=1S/C27H36N6O/c1-19-15-20(2)30-27(29-19)33-22(4)25(21(3)31-33)16-26(34)28-17-23-9-11-24(12-10-23)18-32-13-7-5-6-8-14-32/h9-12,15H,5-8,13-14,16-18H2,1-4H3,(H,28,34). The molecule has 1 N–H and O–H groups in total. The molecule has 0 atom stereocenters. The fourth-order valence-electron chi connectivity index (χ4n) is 4.67. The first-order valence-corrected chi connectivity index (χ1v) is 12.3. The molecular formula is C27H36N6O. The number of likely N-dealkylation sites (tertiary alicyclic amines) is 1. The molecule has 4 rings (SSSR count). The maximum Gasteiger partial charge on any atom is 0.251 e. The van der Waals surface area contributed by atoms with Crippen LogP contribution in [0.25, 0.3) is 5.95 Å². The van der Waals surface area contributed by atoms with Crippen LogP contribution >= 0.6 is 0 Å². The molecule has 0 aliphatic carbocycles. The van der Waals surface area contributed by atoms with Gasteiger partial charge in [-0.1, -0.05) is 37.1 Å². The highest BCUT2D eigenvalue weighted by Gasteiger charge is 2.17. The Kier molecular flexibility index (Phi) is 7.73. The van der Waals surface area contributed by atoms with Crippen LogP contribution in [0, 0.1) is 27.7 Å². The first kappa shape index (κ1) is 24.1. The van der Waals surface area contributed by atoms with Crippen molar-refractivity contribution in [3.63, 3.8) is 0 Å². The van der Waals surface area contributed by atoms with Crippen molar-refractivity contribution in [2.45, 2.75) is 72.9 Å².